The van der Waals surface area contributed by atoms with Gasteiger partial charge in [0.2, 0.25) is 0 Å². The average molecular weight is 258 g/mol. The van der Waals surface area contributed by atoms with Crippen molar-refractivity contribution in [1.29, 1.82) is 0 Å². The SMILES string of the molecule is O=C(Nc1cnc(Cl)cn1)c1ccc(Cl)o1. The van der Waals surface area contributed by atoms with Crippen molar-refractivity contribution in [3.8, 4) is 0 Å². The predicted molar refractivity (Wildman–Crippen MR) is 58.7 cm³/mol. The fraction of sp³-hybridized carbons (Fsp3) is 0. The second-order valence-electron chi connectivity index (χ2n) is 2.78. The van der Waals surface area contributed by atoms with Gasteiger partial charge in [0, 0.05) is 0 Å². The van der Waals surface area contributed by atoms with Crippen LogP contribution in [-0.2, 0) is 0 Å². The van der Waals surface area contributed by atoms with E-state index < -0.39 is 5.91 Å². The lowest BCUT2D eigenvalue weighted by molar-refractivity contribution is 0.0996. The van der Waals surface area contributed by atoms with Crippen LogP contribution in [0.2, 0.25) is 10.4 Å². The Balaban J connectivity index is 2.10. The molecule has 2 aromatic rings. The van der Waals surface area contributed by atoms with Crippen molar-refractivity contribution in [1.82, 2.24) is 9.97 Å². The molecule has 0 aromatic carbocycles. The second kappa shape index (κ2) is 4.51. The van der Waals surface area contributed by atoms with Crippen LogP contribution >= 0.6 is 23.2 Å². The standard InChI is InChI=1S/C9H5Cl2N3O2/c10-6-3-13-8(4-12-6)14-9(15)5-1-2-7(11)16-5/h1-4H,(H,13,14,15). The first-order valence-corrected chi connectivity index (χ1v) is 4.95. The quantitative estimate of drug-likeness (QED) is 0.898. The molecule has 16 heavy (non-hydrogen) atoms. The minimum atomic E-state index is -0.455. The zero-order valence-corrected chi connectivity index (χ0v) is 9.29. The van der Waals surface area contributed by atoms with Crippen molar-refractivity contribution in [3.05, 3.63) is 40.7 Å². The number of furan rings is 1. The van der Waals surface area contributed by atoms with E-state index in [9.17, 15) is 4.79 Å². The fourth-order valence-corrected chi connectivity index (χ4v) is 1.23. The molecular weight excluding hydrogens is 253 g/mol. The minimum absolute atomic E-state index is 0.0988. The Labute approximate surface area is 100 Å². The van der Waals surface area contributed by atoms with Crippen LogP contribution in [0, 0.1) is 0 Å². The van der Waals surface area contributed by atoms with E-state index in [0.29, 0.717) is 0 Å². The van der Waals surface area contributed by atoms with Crippen LogP contribution in [-0.4, -0.2) is 15.9 Å². The largest absolute Gasteiger partial charge is 0.440 e. The molecule has 0 bridgehead atoms. The molecule has 2 aromatic heterocycles. The molecular formula is C9H5Cl2N3O2. The van der Waals surface area contributed by atoms with Crippen LogP contribution in [0.15, 0.2) is 28.9 Å². The van der Waals surface area contributed by atoms with Crippen LogP contribution in [0.3, 0.4) is 0 Å². The average Bonchev–Trinajstić information content (AvgIpc) is 2.68. The maximum Gasteiger partial charge on any atom is 0.292 e. The van der Waals surface area contributed by atoms with Gasteiger partial charge in [0.15, 0.2) is 16.8 Å². The fourth-order valence-electron chi connectivity index (χ4n) is 0.991. The van der Waals surface area contributed by atoms with Gasteiger partial charge in [-0.25, -0.2) is 9.97 Å². The number of halogens is 2. The number of carbonyl (C=O) groups excluding carboxylic acids is 1. The van der Waals surface area contributed by atoms with Crippen molar-refractivity contribution < 1.29 is 9.21 Å². The van der Waals surface area contributed by atoms with Gasteiger partial charge in [0.25, 0.3) is 5.91 Å². The first kappa shape index (κ1) is 10.9. The molecule has 7 heteroatoms. The lowest BCUT2D eigenvalue weighted by Gasteiger charge is -2.00. The van der Waals surface area contributed by atoms with Gasteiger partial charge in [-0.15, -0.1) is 0 Å². The lowest BCUT2D eigenvalue weighted by Crippen LogP contribution is -2.12. The molecule has 0 saturated heterocycles. The molecule has 0 saturated carbocycles. The Hall–Kier alpha value is -1.59. The van der Waals surface area contributed by atoms with E-state index in [4.69, 9.17) is 27.6 Å². The number of hydrogen-bond donors (Lipinski definition) is 1. The number of nitrogens with one attached hydrogen (secondary N) is 1. The third-order valence-corrected chi connectivity index (χ3v) is 2.06. The molecule has 0 aliphatic rings. The van der Waals surface area contributed by atoms with E-state index in [2.05, 4.69) is 15.3 Å². The summed E-state index contributed by atoms with van der Waals surface area (Å²) in [4.78, 5) is 19.2. The molecule has 1 N–H and O–H groups in total. The van der Waals surface area contributed by atoms with Gasteiger partial charge in [-0.2, -0.15) is 0 Å². The minimum Gasteiger partial charge on any atom is -0.440 e. The Morgan fingerprint density at radius 3 is 2.62 bits per heavy atom. The summed E-state index contributed by atoms with van der Waals surface area (Å²) < 4.78 is 4.92. The second-order valence-corrected chi connectivity index (χ2v) is 3.54. The van der Waals surface area contributed by atoms with E-state index >= 15 is 0 Å². The summed E-state index contributed by atoms with van der Waals surface area (Å²) in [5.41, 5.74) is 0. The Morgan fingerprint density at radius 2 is 2.06 bits per heavy atom. The van der Waals surface area contributed by atoms with Gasteiger partial charge >= 0.3 is 0 Å². The molecule has 0 unspecified atom stereocenters. The van der Waals surface area contributed by atoms with Gasteiger partial charge in [0.05, 0.1) is 12.4 Å². The van der Waals surface area contributed by atoms with E-state index in [1.54, 1.807) is 0 Å². The van der Waals surface area contributed by atoms with Crippen LogP contribution < -0.4 is 5.32 Å². The molecule has 0 aliphatic heterocycles. The summed E-state index contributed by atoms with van der Waals surface area (Å²) in [7, 11) is 0. The molecule has 82 valence electrons. The summed E-state index contributed by atoms with van der Waals surface area (Å²) in [6, 6.07) is 2.94. The van der Waals surface area contributed by atoms with E-state index in [1.807, 2.05) is 0 Å². The van der Waals surface area contributed by atoms with E-state index in [0.717, 1.165) is 0 Å². The predicted octanol–water partition coefficient (Wildman–Crippen LogP) is 2.63. The summed E-state index contributed by atoms with van der Waals surface area (Å²) in [6.45, 7) is 0. The van der Waals surface area contributed by atoms with Gasteiger partial charge < -0.3 is 9.73 Å². The molecule has 2 rings (SSSR count). The van der Waals surface area contributed by atoms with Crippen molar-refractivity contribution in [2.45, 2.75) is 0 Å². The summed E-state index contributed by atoms with van der Waals surface area (Å²) in [5.74, 6) is -0.0767. The van der Waals surface area contributed by atoms with Crippen LogP contribution in [0.1, 0.15) is 10.6 Å². The monoisotopic (exact) mass is 257 g/mol. The first-order valence-electron chi connectivity index (χ1n) is 4.19. The van der Waals surface area contributed by atoms with Crippen LogP contribution in [0.25, 0.3) is 0 Å². The Morgan fingerprint density at radius 1 is 1.25 bits per heavy atom. The van der Waals surface area contributed by atoms with Crippen molar-refractivity contribution in [2.75, 3.05) is 5.32 Å². The third-order valence-electron chi connectivity index (χ3n) is 1.66. The highest BCUT2D eigenvalue weighted by Crippen LogP contribution is 2.14. The van der Waals surface area contributed by atoms with Gasteiger partial charge in [-0.3, -0.25) is 4.79 Å². The smallest absolute Gasteiger partial charge is 0.292 e. The van der Waals surface area contributed by atoms with Gasteiger partial charge in [-0.1, -0.05) is 11.6 Å². The molecule has 2 heterocycles. The molecule has 0 atom stereocenters. The first-order chi connectivity index (χ1) is 7.65. The zero-order valence-electron chi connectivity index (χ0n) is 7.78. The van der Waals surface area contributed by atoms with Crippen LogP contribution in [0.5, 0.6) is 0 Å². The van der Waals surface area contributed by atoms with E-state index in [-0.39, 0.29) is 22.0 Å². The number of carbonyl (C=O) groups is 1. The van der Waals surface area contributed by atoms with Crippen LogP contribution in [0.4, 0.5) is 5.82 Å². The van der Waals surface area contributed by atoms with Crippen molar-refractivity contribution >= 4 is 34.9 Å². The maximum atomic E-state index is 11.5. The number of aromatic nitrogens is 2. The summed E-state index contributed by atoms with van der Waals surface area (Å²) >= 11 is 11.1. The highest BCUT2D eigenvalue weighted by atomic mass is 35.5. The van der Waals surface area contributed by atoms with Crippen molar-refractivity contribution in [3.63, 3.8) is 0 Å². The molecule has 0 aliphatic carbocycles. The number of nitrogens with zero attached hydrogens (tertiary/aromatic N) is 2. The van der Waals surface area contributed by atoms with E-state index in [1.165, 1.54) is 24.5 Å². The molecule has 0 radical (unpaired) electrons. The van der Waals surface area contributed by atoms with Gasteiger partial charge in [0.1, 0.15) is 5.15 Å². The number of amides is 1. The number of rotatable bonds is 2. The summed E-state index contributed by atoms with van der Waals surface area (Å²) in [5, 5.41) is 2.87. The summed E-state index contributed by atoms with van der Waals surface area (Å²) in [6.07, 6.45) is 2.66. The Bertz CT molecular complexity index is 510. The molecule has 0 spiro atoms. The van der Waals surface area contributed by atoms with Crippen molar-refractivity contribution in [2.24, 2.45) is 0 Å². The molecule has 0 fully saturated rings. The third kappa shape index (κ3) is 2.50. The number of hydrogen-bond acceptors (Lipinski definition) is 4. The molecule has 1 amide bonds. The zero-order chi connectivity index (χ0) is 11.5. The highest BCUT2D eigenvalue weighted by Gasteiger charge is 2.11. The lowest BCUT2D eigenvalue weighted by atomic mass is 10.4. The maximum absolute atomic E-state index is 11.5. The molecule has 5 nitrogen and oxygen atoms in total. The Kier molecular flexibility index (Phi) is 3.07. The number of anilines is 1. The highest BCUT2D eigenvalue weighted by molar-refractivity contribution is 6.29. The topological polar surface area (TPSA) is 68.0 Å². The van der Waals surface area contributed by atoms with Gasteiger partial charge in [-0.05, 0) is 23.7 Å². The normalized spacial score (nSPS) is 10.1.